The Balaban J connectivity index is 1.58. The Bertz CT molecular complexity index is 925. The summed E-state index contributed by atoms with van der Waals surface area (Å²) < 4.78 is 10.5. The molecule has 1 aliphatic heterocycles. The molecule has 2 amide bonds. The number of nitrogens with zero attached hydrogens (tertiary/aromatic N) is 2. The summed E-state index contributed by atoms with van der Waals surface area (Å²) >= 11 is 0. The Labute approximate surface area is 169 Å². The zero-order valence-electron chi connectivity index (χ0n) is 16.7. The van der Waals surface area contributed by atoms with Gasteiger partial charge in [-0.15, -0.1) is 0 Å². The Kier molecular flexibility index (Phi) is 6.33. The van der Waals surface area contributed by atoms with E-state index in [-0.39, 0.29) is 24.2 Å². The van der Waals surface area contributed by atoms with Crippen LogP contribution in [0, 0.1) is 6.92 Å². The van der Waals surface area contributed by atoms with E-state index < -0.39 is 0 Å². The number of aliphatic imine (C=N–C) groups is 1. The van der Waals surface area contributed by atoms with Crippen molar-refractivity contribution in [3.8, 4) is 11.5 Å². The molecule has 2 aromatic rings. The zero-order chi connectivity index (χ0) is 20.8. The van der Waals surface area contributed by atoms with Crippen molar-refractivity contribution in [1.29, 1.82) is 0 Å². The number of methoxy groups -OCH3 is 2. The minimum atomic E-state index is -0.366. The fourth-order valence-electron chi connectivity index (χ4n) is 2.89. The molecule has 29 heavy (non-hydrogen) atoms. The van der Waals surface area contributed by atoms with Crippen LogP contribution in [0.2, 0.25) is 0 Å². The van der Waals surface area contributed by atoms with E-state index in [0.717, 1.165) is 11.1 Å². The average molecular weight is 396 g/mol. The van der Waals surface area contributed by atoms with Crippen LogP contribution in [0.4, 0.5) is 5.69 Å². The first-order valence-electron chi connectivity index (χ1n) is 9.21. The number of carbonyl (C=O) groups excluding carboxylic acids is 2. The van der Waals surface area contributed by atoms with Gasteiger partial charge in [-0.3, -0.25) is 20.0 Å². The molecule has 0 bridgehead atoms. The largest absolute Gasteiger partial charge is 0.493 e. The van der Waals surface area contributed by atoms with Gasteiger partial charge in [0.05, 0.1) is 19.9 Å². The lowest BCUT2D eigenvalue weighted by Crippen LogP contribution is -2.55. The Morgan fingerprint density at radius 1 is 1.14 bits per heavy atom. The summed E-state index contributed by atoms with van der Waals surface area (Å²) in [7, 11) is 3.16. The zero-order valence-corrected chi connectivity index (χ0v) is 16.7. The second-order valence-electron chi connectivity index (χ2n) is 6.54. The summed E-state index contributed by atoms with van der Waals surface area (Å²) in [6, 6.07) is 13.1. The number of rotatable bonds is 7. The number of hydrogen-bond acceptors (Lipinski definition) is 6. The maximum Gasteiger partial charge on any atom is 0.288 e. The molecule has 0 aromatic heterocycles. The van der Waals surface area contributed by atoms with Crippen LogP contribution in [0.25, 0.3) is 0 Å². The van der Waals surface area contributed by atoms with E-state index in [1.807, 2.05) is 49.4 Å². The topological polar surface area (TPSA) is 92.3 Å². The van der Waals surface area contributed by atoms with Gasteiger partial charge in [0.2, 0.25) is 5.84 Å². The Morgan fingerprint density at radius 3 is 2.55 bits per heavy atom. The smallest absolute Gasteiger partial charge is 0.288 e. The molecule has 2 aromatic carbocycles. The van der Waals surface area contributed by atoms with Gasteiger partial charge in [-0.2, -0.15) is 0 Å². The van der Waals surface area contributed by atoms with Gasteiger partial charge >= 0.3 is 0 Å². The lowest BCUT2D eigenvalue weighted by molar-refractivity contribution is -0.118. The van der Waals surface area contributed by atoms with Gasteiger partial charge < -0.3 is 14.8 Å². The van der Waals surface area contributed by atoms with Crippen LogP contribution in [0.1, 0.15) is 11.1 Å². The number of ether oxygens (including phenoxy) is 2. The highest BCUT2D eigenvalue weighted by Crippen LogP contribution is 2.27. The van der Waals surface area contributed by atoms with Gasteiger partial charge in [0.15, 0.2) is 11.5 Å². The molecule has 2 N–H and O–H groups in total. The number of nitrogens with one attached hydrogen (secondary N) is 2. The summed E-state index contributed by atoms with van der Waals surface area (Å²) in [5.74, 6) is 0.812. The quantitative estimate of drug-likeness (QED) is 0.742. The minimum absolute atomic E-state index is 0.0840. The number of benzene rings is 2. The standard InChI is InChI=1S/C21H24N4O4/c1-14-4-7-16(8-5-14)25-19(26)13-23-20(24-25)21(27)22-11-10-15-6-9-17(28-2)18(12-15)29-3/h4-9,12H,10-11,13H2,1-3H3,(H,22,27)(H,23,24). The number of amides is 2. The van der Waals surface area contributed by atoms with Crippen LogP contribution in [0.3, 0.4) is 0 Å². The van der Waals surface area contributed by atoms with Crippen molar-refractivity contribution >= 4 is 23.3 Å². The first-order chi connectivity index (χ1) is 14.0. The van der Waals surface area contributed by atoms with E-state index in [9.17, 15) is 9.59 Å². The molecule has 8 heteroatoms. The van der Waals surface area contributed by atoms with Crippen molar-refractivity contribution in [1.82, 2.24) is 10.7 Å². The molecule has 0 radical (unpaired) electrons. The Morgan fingerprint density at radius 2 is 1.86 bits per heavy atom. The molecular weight excluding hydrogens is 372 g/mol. The van der Waals surface area contributed by atoms with E-state index in [0.29, 0.717) is 30.2 Å². The number of carbonyl (C=O) groups is 2. The van der Waals surface area contributed by atoms with Crippen molar-refractivity contribution < 1.29 is 19.1 Å². The summed E-state index contributed by atoms with van der Waals surface area (Å²) in [4.78, 5) is 28.7. The van der Waals surface area contributed by atoms with E-state index in [1.54, 1.807) is 14.2 Å². The molecule has 3 rings (SSSR count). The second-order valence-corrected chi connectivity index (χ2v) is 6.54. The first kappa shape index (κ1) is 20.2. The maximum absolute atomic E-state index is 12.5. The fraction of sp³-hybridized carbons (Fsp3) is 0.286. The van der Waals surface area contributed by atoms with Gasteiger partial charge in [-0.1, -0.05) is 23.8 Å². The van der Waals surface area contributed by atoms with Crippen molar-refractivity contribution in [3.63, 3.8) is 0 Å². The molecule has 0 saturated carbocycles. The van der Waals surface area contributed by atoms with Gasteiger partial charge in [-0.05, 0) is 43.2 Å². The van der Waals surface area contributed by atoms with E-state index >= 15 is 0 Å². The van der Waals surface area contributed by atoms with Crippen molar-refractivity contribution in [2.24, 2.45) is 4.99 Å². The molecule has 8 nitrogen and oxygen atoms in total. The van der Waals surface area contributed by atoms with E-state index in [4.69, 9.17) is 9.47 Å². The van der Waals surface area contributed by atoms with Crippen LogP contribution in [0.15, 0.2) is 47.5 Å². The summed E-state index contributed by atoms with van der Waals surface area (Å²) in [5.41, 5.74) is 5.55. The molecule has 0 aliphatic carbocycles. The van der Waals surface area contributed by atoms with Gasteiger partial charge in [0, 0.05) is 6.54 Å². The van der Waals surface area contributed by atoms with E-state index in [1.165, 1.54) is 5.01 Å². The van der Waals surface area contributed by atoms with Crippen molar-refractivity contribution in [2.45, 2.75) is 13.3 Å². The number of hydrogen-bond donors (Lipinski definition) is 2. The second kappa shape index (κ2) is 9.09. The van der Waals surface area contributed by atoms with Gasteiger partial charge in [-0.25, -0.2) is 5.01 Å². The lowest BCUT2D eigenvalue weighted by Gasteiger charge is -2.27. The number of anilines is 1. The fourth-order valence-corrected chi connectivity index (χ4v) is 2.89. The summed E-state index contributed by atoms with van der Waals surface area (Å²) in [5, 5.41) is 4.16. The van der Waals surface area contributed by atoms with Crippen LogP contribution in [0.5, 0.6) is 11.5 Å². The minimum Gasteiger partial charge on any atom is -0.493 e. The van der Waals surface area contributed by atoms with Gasteiger partial charge in [0.25, 0.3) is 11.8 Å². The van der Waals surface area contributed by atoms with Crippen LogP contribution < -0.4 is 25.2 Å². The molecule has 0 unspecified atom stereocenters. The molecular formula is C21H24N4O4. The van der Waals surface area contributed by atoms with Crippen LogP contribution in [-0.4, -0.2) is 45.0 Å². The maximum atomic E-state index is 12.5. The molecule has 0 saturated heterocycles. The molecule has 1 heterocycles. The third-order valence-corrected chi connectivity index (χ3v) is 4.49. The lowest BCUT2D eigenvalue weighted by atomic mass is 10.1. The molecule has 1 aliphatic rings. The van der Waals surface area contributed by atoms with Crippen LogP contribution >= 0.6 is 0 Å². The highest BCUT2D eigenvalue weighted by Gasteiger charge is 2.25. The highest BCUT2D eigenvalue weighted by molar-refractivity contribution is 6.39. The van der Waals surface area contributed by atoms with Crippen molar-refractivity contribution in [3.05, 3.63) is 53.6 Å². The third-order valence-electron chi connectivity index (χ3n) is 4.49. The number of hydrazine groups is 1. The third kappa shape index (κ3) is 4.84. The normalized spacial score (nSPS) is 13.4. The Hall–Kier alpha value is -3.55. The molecule has 0 spiro atoms. The molecule has 152 valence electrons. The molecule has 0 atom stereocenters. The summed E-state index contributed by atoms with van der Waals surface area (Å²) in [6.07, 6.45) is 0.611. The SMILES string of the molecule is COc1ccc(CCNC(=O)C2=NCC(=O)N(c3ccc(C)cc3)N2)cc1OC. The predicted molar refractivity (Wildman–Crippen MR) is 110 cm³/mol. The van der Waals surface area contributed by atoms with Gasteiger partial charge in [0.1, 0.15) is 6.54 Å². The summed E-state index contributed by atoms with van der Waals surface area (Å²) in [6.45, 7) is 2.29. The number of amidine groups is 1. The molecule has 0 fully saturated rings. The van der Waals surface area contributed by atoms with Crippen LogP contribution in [-0.2, 0) is 16.0 Å². The van der Waals surface area contributed by atoms with Crippen molar-refractivity contribution in [2.75, 3.05) is 32.3 Å². The number of aryl methyl sites for hydroxylation is 1. The predicted octanol–water partition coefficient (Wildman–Crippen LogP) is 1.62. The average Bonchev–Trinajstić information content (AvgIpc) is 2.74. The highest BCUT2D eigenvalue weighted by atomic mass is 16.5. The monoisotopic (exact) mass is 396 g/mol. The van der Waals surface area contributed by atoms with E-state index in [2.05, 4.69) is 15.7 Å². The first-order valence-corrected chi connectivity index (χ1v) is 9.21.